The first-order chi connectivity index (χ1) is 9.29. The van der Waals surface area contributed by atoms with E-state index in [0.717, 1.165) is 30.1 Å². The third kappa shape index (κ3) is 2.70. The highest BCUT2D eigenvalue weighted by molar-refractivity contribution is 7.09. The minimum atomic E-state index is -0.00975. The van der Waals surface area contributed by atoms with Crippen LogP contribution in [0.25, 0.3) is 0 Å². The van der Waals surface area contributed by atoms with Gasteiger partial charge in [0.05, 0.1) is 5.01 Å². The maximum atomic E-state index is 12.5. The topological polar surface area (TPSA) is 59.2 Å². The molecule has 1 amide bonds. The normalized spacial score (nSPS) is 12.9. The number of benzene rings is 1. The zero-order valence-electron chi connectivity index (χ0n) is 10.9. The van der Waals surface area contributed by atoms with E-state index in [-0.39, 0.29) is 18.3 Å². The van der Waals surface area contributed by atoms with Gasteiger partial charge >= 0.3 is 0 Å². The lowest BCUT2D eigenvalue weighted by molar-refractivity contribution is 0.0985. The first-order valence-corrected chi connectivity index (χ1v) is 7.22. The average Bonchev–Trinajstić information content (AvgIpc) is 3.05. The second-order valence-corrected chi connectivity index (χ2v) is 5.44. The van der Waals surface area contributed by atoms with E-state index in [1.807, 2.05) is 28.5 Å². The Labute approximate surface area is 128 Å². The van der Waals surface area contributed by atoms with Crippen LogP contribution in [0, 0.1) is 0 Å². The van der Waals surface area contributed by atoms with Crippen molar-refractivity contribution in [1.82, 2.24) is 4.98 Å². The number of fused-ring (bicyclic) bond motifs is 1. The SMILES string of the molecule is Cl.NCCc1nc(C(=O)N2CCc3ccccc32)cs1. The predicted molar refractivity (Wildman–Crippen MR) is 83.9 cm³/mol. The lowest BCUT2D eigenvalue weighted by atomic mass is 10.2. The number of para-hydroxylation sites is 1. The summed E-state index contributed by atoms with van der Waals surface area (Å²) in [7, 11) is 0. The Morgan fingerprint density at radius 2 is 2.20 bits per heavy atom. The monoisotopic (exact) mass is 309 g/mol. The van der Waals surface area contributed by atoms with Gasteiger partial charge in [-0.1, -0.05) is 18.2 Å². The van der Waals surface area contributed by atoms with E-state index in [0.29, 0.717) is 12.2 Å². The molecule has 1 aliphatic heterocycles. The van der Waals surface area contributed by atoms with Gasteiger partial charge in [-0.3, -0.25) is 4.79 Å². The standard InChI is InChI=1S/C14H15N3OS.ClH/c15-7-5-13-16-11(9-19-13)14(18)17-8-6-10-3-1-2-4-12(10)17;/h1-4,9H,5-8,15H2;1H. The molecule has 4 nitrogen and oxygen atoms in total. The van der Waals surface area contributed by atoms with Crippen LogP contribution in [0.3, 0.4) is 0 Å². The van der Waals surface area contributed by atoms with Crippen molar-refractivity contribution in [3.63, 3.8) is 0 Å². The molecule has 0 spiro atoms. The predicted octanol–water partition coefficient (Wildman–Crippen LogP) is 2.27. The Bertz CT molecular complexity index is 614. The summed E-state index contributed by atoms with van der Waals surface area (Å²) in [6.07, 6.45) is 1.65. The Hall–Kier alpha value is -1.43. The van der Waals surface area contributed by atoms with Gasteiger partial charge in [0.1, 0.15) is 5.69 Å². The molecular weight excluding hydrogens is 294 g/mol. The second kappa shape index (κ2) is 6.35. The van der Waals surface area contributed by atoms with Crippen molar-refractivity contribution >= 4 is 35.3 Å². The van der Waals surface area contributed by atoms with Crippen LogP contribution in [-0.2, 0) is 12.8 Å². The molecule has 0 saturated heterocycles. The molecule has 1 aromatic heterocycles. The average molecular weight is 310 g/mol. The molecule has 106 valence electrons. The van der Waals surface area contributed by atoms with Crippen LogP contribution >= 0.6 is 23.7 Å². The van der Waals surface area contributed by atoms with Gasteiger partial charge in [-0.05, 0) is 24.6 Å². The second-order valence-electron chi connectivity index (χ2n) is 4.50. The van der Waals surface area contributed by atoms with Crippen LogP contribution in [0.5, 0.6) is 0 Å². The number of aromatic nitrogens is 1. The number of nitrogens with zero attached hydrogens (tertiary/aromatic N) is 2. The van der Waals surface area contributed by atoms with Crippen molar-refractivity contribution in [3.8, 4) is 0 Å². The largest absolute Gasteiger partial charge is 0.330 e. The molecule has 0 fully saturated rings. The summed E-state index contributed by atoms with van der Waals surface area (Å²) in [6, 6.07) is 8.04. The first kappa shape index (κ1) is 15.0. The fourth-order valence-electron chi connectivity index (χ4n) is 2.33. The minimum absolute atomic E-state index is 0. The summed E-state index contributed by atoms with van der Waals surface area (Å²) >= 11 is 1.50. The summed E-state index contributed by atoms with van der Waals surface area (Å²) < 4.78 is 0. The highest BCUT2D eigenvalue weighted by Crippen LogP contribution is 2.29. The number of anilines is 1. The van der Waals surface area contributed by atoms with Gasteiger partial charge < -0.3 is 10.6 Å². The summed E-state index contributed by atoms with van der Waals surface area (Å²) in [6.45, 7) is 1.30. The summed E-state index contributed by atoms with van der Waals surface area (Å²) in [5, 5.41) is 2.76. The van der Waals surface area contributed by atoms with Crippen LogP contribution < -0.4 is 10.6 Å². The van der Waals surface area contributed by atoms with Crippen molar-refractivity contribution in [1.29, 1.82) is 0 Å². The van der Waals surface area contributed by atoms with E-state index in [1.54, 1.807) is 0 Å². The van der Waals surface area contributed by atoms with E-state index in [1.165, 1.54) is 16.9 Å². The van der Waals surface area contributed by atoms with Crippen molar-refractivity contribution in [2.24, 2.45) is 5.73 Å². The molecule has 3 rings (SSSR count). The van der Waals surface area contributed by atoms with Crippen LogP contribution in [0.1, 0.15) is 21.1 Å². The Kier molecular flexibility index (Phi) is 4.75. The molecule has 2 aromatic rings. The third-order valence-electron chi connectivity index (χ3n) is 3.26. The van der Waals surface area contributed by atoms with Gasteiger partial charge in [0.15, 0.2) is 0 Å². The maximum Gasteiger partial charge on any atom is 0.277 e. The molecule has 1 aliphatic rings. The van der Waals surface area contributed by atoms with Crippen LogP contribution in [0.15, 0.2) is 29.6 Å². The lowest BCUT2D eigenvalue weighted by Crippen LogP contribution is -2.29. The van der Waals surface area contributed by atoms with E-state index in [4.69, 9.17) is 5.73 Å². The van der Waals surface area contributed by atoms with Crippen LogP contribution in [0.4, 0.5) is 5.69 Å². The number of rotatable bonds is 3. The fraction of sp³-hybridized carbons (Fsp3) is 0.286. The Morgan fingerprint density at radius 1 is 1.40 bits per heavy atom. The molecule has 0 aliphatic carbocycles. The van der Waals surface area contributed by atoms with Crippen molar-refractivity contribution < 1.29 is 4.79 Å². The molecule has 0 unspecified atom stereocenters. The molecule has 1 aromatic carbocycles. The first-order valence-electron chi connectivity index (χ1n) is 6.34. The molecule has 0 radical (unpaired) electrons. The van der Waals surface area contributed by atoms with E-state index in [9.17, 15) is 4.79 Å². The maximum absolute atomic E-state index is 12.5. The van der Waals surface area contributed by atoms with Crippen LogP contribution in [0.2, 0.25) is 0 Å². The molecule has 2 heterocycles. The minimum Gasteiger partial charge on any atom is -0.330 e. The Balaban J connectivity index is 0.00000147. The van der Waals surface area contributed by atoms with Gasteiger partial charge in [0, 0.05) is 24.0 Å². The molecule has 20 heavy (non-hydrogen) atoms. The Morgan fingerprint density at radius 3 is 3.00 bits per heavy atom. The number of halogens is 1. The van der Waals surface area contributed by atoms with E-state index >= 15 is 0 Å². The number of hydrogen-bond acceptors (Lipinski definition) is 4. The highest BCUT2D eigenvalue weighted by atomic mass is 35.5. The van der Waals surface area contributed by atoms with Gasteiger partial charge in [0.2, 0.25) is 0 Å². The number of hydrogen-bond donors (Lipinski definition) is 1. The zero-order valence-corrected chi connectivity index (χ0v) is 12.5. The number of carbonyl (C=O) groups excluding carboxylic acids is 1. The molecule has 0 atom stereocenters. The van der Waals surface area contributed by atoms with Crippen molar-refractivity contribution in [2.45, 2.75) is 12.8 Å². The summed E-state index contributed by atoms with van der Waals surface area (Å²) in [4.78, 5) is 18.6. The summed E-state index contributed by atoms with van der Waals surface area (Å²) in [5.74, 6) is -0.00975. The number of nitrogens with two attached hydrogens (primary N) is 1. The van der Waals surface area contributed by atoms with Gasteiger partial charge in [0.25, 0.3) is 5.91 Å². The number of thiazole rings is 1. The lowest BCUT2D eigenvalue weighted by Gasteiger charge is -2.15. The third-order valence-corrected chi connectivity index (χ3v) is 4.17. The smallest absolute Gasteiger partial charge is 0.277 e. The molecule has 6 heteroatoms. The van der Waals surface area contributed by atoms with Crippen molar-refractivity contribution in [2.75, 3.05) is 18.0 Å². The summed E-state index contributed by atoms with van der Waals surface area (Å²) in [5.41, 5.74) is 8.28. The quantitative estimate of drug-likeness (QED) is 0.946. The van der Waals surface area contributed by atoms with Gasteiger partial charge in [-0.25, -0.2) is 4.98 Å². The zero-order chi connectivity index (χ0) is 13.2. The molecule has 0 bridgehead atoms. The van der Waals surface area contributed by atoms with E-state index in [2.05, 4.69) is 11.1 Å². The molecular formula is C14H16ClN3OS. The van der Waals surface area contributed by atoms with Crippen molar-refractivity contribution in [3.05, 3.63) is 45.9 Å². The highest BCUT2D eigenvalue weighted by Gasteiger charge is 2.26. The molecule has 2 N–H and O–H groups in total. The van der Waals surface area contributed by atoms with Gasteiger partial charge in [-0.15, -0.1) is 23.7 Å². The van der Waals surface area contributed by atoms with Gasteiger partial charge in [-0.2, -0.15) is 0 Å². The number of carbonyl (C=O) groups is 1. The van der Waals surface area contributed by atoms with Crippen LogP contribution in [-0.4, -0.2) is 24.0 Å². The fourth-order valence-corrected chi connectivity index (χ4v) is 3.12. The number of amides is 1. The molecule has 0 saturated carbocycles. The van der Waals surface area contributed by atoms with E-state index < -0.39 is 0 Å².